The van der Waals surface area contributed by atoms with E-state index in [2.05, 4.69) is 10.5 Å². The molecule has 0 spiro atoms. The van der Waals surface area contributed by atoms with Crippen LogP contribution < -0.4 is 10.8 Å². The Balaban J connectivity index is 1.34. The SMILES string of the molecule is CC1C(C(=O)NCc2ccc3c(c2)B(O)OC3(C)C)=CC=C(C2=NO[C@](c3cc(Cl)c(Cl)c(Cl)c3)(C(F)(F)F)C2)C1C. The Morgan fingerprint density at radius 2 is 1.79 bits per heavy atom. The summed E-state index contributed by atoms with van der Waals surface area (Å²) in [5.41, 5.74) is -0.245. The molecule has 3 aliphatic rings. The van der Waals surface area contributed by atoms with Crippen LogP contribution in [-0.2, 0) is 32.0 Å². The summed E-state index contributed by atoms with van der Waals surface area (Å²) in [7, 11) is -1.04. The van der Waals surface area contributed by atoms with E-state index in [9.17, 15) is 23.0 Å². The van der Waals surface area contributed by atoms with Gasteiger partial charge in [-0.2, -0.15) is 13.2 Å². The lowest BCUT2D eigenvalue weighted by molar-refractivity contribution is -0.275. The molecule has 2 heterocycles. The first-order valence-electron chi connectivity index (χ1n) is 13.2. The highest BCUT2D eigenvalue weighted by Crippen LogP contribution is 2.51. The number of oxime groups is 1. The van der Waals surface area contributed by atoms with Gasteiger partial charge in [0, 0.05) is 24.1 Å². The van der Waals surface area contributed by atoms with E-state index in [1.54, 1.807) is 18.2 Å². The quantitative estimate of drug-likeness (QED) is 0.285. The van der Waals surface area contributed by atoms with Crippen LogP contribution in [0.5, 0.6) is 0 Å². The van der Waals surface area contributed by atoms with Crippen LogP contribution in [0.15, 0.2) is 58.8 Å². The van der Waals surface area contributed by atoms with Crippen LogP contribution in [0.1, 0.15) is 50.8 Å². The average molecular weight is 642 g/mol. The van der Waals surface area contributed by atoms with Crippen LogP contribution in [0.4, 0.5) is 13.2 Å². The summed E-state index contributed by atoms with van der Waals surface area (Å²) in [6.07, 6.45) is -2.24. The van der Waals surface area contributed by atoms with Crippen molar-refractivity contribution < 1.29 is 32.5 Å². The summed E-state index contributed by atoms with van der Waals surface area (Å²) in [5.74, 6) is -0.972. The van der Waals surface area contributed by atoms with E-state index < -0.39 is 30.9 Å². The van der Waals surface area contributed by atoms with Gasteiger partial charge in [-0.05, 0) is 60.0 Å². The number of halogens is 6. The minimum absolute atomic E-state index is 0.0568. The third kappa shape index (κ3) is 5.26. The monoisotopic (exact) mass is 640 g/mol. The summed E-state index contributed by atoms with van der Waals surface area (Å²) in [4.78, 5) is 18.3. The molecule has 0 bridgehead atoms. The van der Waals surface area contributed by atoms with Gasteiger partial charge >= 0.3 is 13.3 Å². The Kier molecular flexibility index (Phi) is 8.03. The highest BCUT2D eigenvalue weighted by atomic mass is 35.5. The largest absolute Gasteiger partial charge is 0.492 e. The van der Waals surface area contributed by atoms with Crippen molar-refractivity contribution in [2.45, 2.75) is 58.0 Å². The number of hydrogen-bond acceptors (Lipinski definition) is 5. The molecular formula is C29H27BCl3F3N2O4. The molecule has 2 N–H and O–H groups in total. The molecule has 222 valence electrons. The lowest BCUT2D eigenvalue weighted by Crippen LogP contribution is -2.43. The average Bonchev–Trinajstić information content (AvgIpc) is 3.46. The highest BCUT2D eigenvalue weighted by Gasteiger charge is 2.63. The standard InChI is InChI=1S/C29H27BCl3F3N2O4/c1-14-15(2)19(26(39)37-13-16-5-8-20-21(9-16)30(40)41-27(20,3)4)7-6-18(14)24-12-28(42-38-24,29(34,35)36)17-10-22(31)25(33)23(32)11-17/h5-11,14-15,40H,12-13H2,1-4H3,(H,37,39)/t14?,15?,28-/m1/s1. The van der Waals surface area contributed by atoms with Crippen molar-refractivity contribution in [3.63, 3.8) is 0 Å². The Labute approximate surface area is 256 Å². The lowest BCUT2D eigenvalue weighted by atomic mass is 9.75. The number of rotatable bonds is 5. The normalized spacial score (nSPS) is 24.9. The van der Waals surface area contributed by atoms with Gasteiger partial charge in [0.25, 0.3) is 5.60 Å². The number of carbonyl (C=O) groups is 1. The van der Waals surface area contributed by atoms with Crippen molar-refractivity contribution in [2.24, 2.45) is 17.0 Å². The van der Waals surface area contributed by atoms with E-state index in [0.29, 0.717) is 16.6 Å². The van der Waals surface area contributed by atoms with Crippen LogP contribution >= 0.6 is 34.8 Å². The number of amides is 1. The zero-order valence-corrected chi connectivity index (χ0v) is 25.3. The number of alkyl halides is 3. The van der Waals surface area contributed by atoms with Gasteiger partial charge in [0.2, 0.25) is 5.91 Å². The zero-order valence-electron chi connectivity index (χ0n) is 23.1. The van der Waals surface area contributed by atoms with Gasteiger partial charge in [0.1, 0.15) is 0 Å². The number of fused-ring (bicyclic) bond motifs is 1. The smallest absolute Gasteiger partial charge is 0.423 e. The van der Waals surface area contributed by atoms with Crippen LogP contribution in [-0.4, -0.2) is 29.9 Å². The van der Waals surface area contributed by atoms with E-state index in [1.165, 1.54) is 0 Å². The first-order chi connectivity index (χ1) is 19.6. The number of allylic oxidation sites excluding steroid dienone is 3. The predicted molar refractivity (Wildman–Crippen MR) is 157 cm³/mol. The molecule has 1 amide bonds. The van der Waals surface area contributed by atoms with Gasteiger partial charge in [-0.1, -0.05) is 84.2 Å². The maximum absolute atomic E-state index is 14.5. The van der Waals surface area contributed by atoms with Crippen LogP contribution in [0.3, 0.4) is 0 Å². The molecular weight excluding hydrogens is 614 g/mol. The summed E-state index contributed by atoms with van der Waals surface area (Å²) in [6, 6.07) is 7.72. The zero-order chi connectivity index (χ0) is 30.8. The van der Waals surface area contributed by atoms with Crippen LogP contribution in [0.25, 0.3) is 0 Å². The van der Waals surface area contributed by atoms with Crippen molar-refractivity contribution in [1.82, 2.24) is 5.32 Å². The summed E-state index contributed by atoms with van der Waals surface area (Å²) >= 11 is 18.0. The lowest BCUT2D eigenvalue weighted by Gasteiger charge is -2.31. The predicted octanol–water partition coefficient (Wildman–Crippen LogP) is 6.59. The number of nitrogens with one attached hydrogen (secondary N) is 1. The molecule has 2 aromatic rings. The minimum atomic E-state index is -4.85. The van der Waals surface area contributed by atoms with E-state index in [-0.39, 0.29) is 50.6 Å². The number of hydrogen-bond donors (Lipinski definition) is 2. The molecule has 0 aromatic heterocycles. The van der Waals surface area contributed by atoms with E-state index in [4.69, 9.17) is 44.3 Å². The van der Waals surface area contributed by atoms with Gasteiger partial charge in [-0.25, -0.2) is 0 Å². The van der Waals surface area contributed by atoms with Gasteiger partial charge in [-0.3, -0.25) is 4.79 Å². The second-order valence-electron chi connectivity index (χ2n) is 11.3. The summed E-state index contributed by atoms with van der Waals surface area (Å²) < 4.78 is 49.0. The molecule has 2 aromatic carbocycles. The fraction of sp³-hybridized carbons (Fsp3) is 0.379. The molecule has 42 heavy (non-hydrogen) atoms. The van der Waals surface area contributed by atoms with Gasteiger partial charge in [-0.15, -0.1) is 0 Å². The van der Waals surface area contributed by atoms with Crippen LogP contribution in [0.2, 0.25) is 15.1 Å². The molecule has 1 aliphatic carbocycles. The molecule has 0 fully saturated rings. The summed E-state index contributed by atoms with van der Waals surface area (Å²) in [5, 5.41) is 16.7. The van der Waals surface area contributed by atoms with Crippen molar-refractivity contribution >= 4 is 59.0 Å². The molecule has 2 unspecified atom stereocenters. The first-order valence-corrected chi connectivity index (χ1v) is 14.4. The van der Waals surface area contributed by atoms with Crippen molar-refractivity contribution in [3.8, 4) is 0 Å². The van der Waals surface area contributed by atoms with Crippen molar-refractivity contribution in [2.75, 3.05) is 0 Å². The number of benzene rings is 2. The van der Waals surface area contributed by atoms with Crippen LogP contribution in [0, 0.1) is 11.8 Å². The molecule has 5 rings (SSSR count). The third-order valence-electron chi connectivity index (χ3n) is 8.30. The number of nitrogens with zero attached hydrogens (tertiary/aromatic N) is 1. The maximum atomic E-state index is 14.5. The number of carbonyl (C=O) groups excluding carboxylic acids is 1. The molecule has 13 heteroatoms. The Morgan fingerprint density at radius 3 is 2.43 bits per heavy atom. The molecule has 2 aliphatic heterocycles. The van der Waals surface area contributed by atoms with Gasteiger partial charge < -0.3 is 19.8 Å². The van der Waals surface area contributed by atoms with Gasteiger partial charge in [0.15, 0.2) is 0 Å². The first kappa shape index (κ1) is 30.9. The Morgan fingerprint density at radius 1 is 1.12 bits per heavy atom. The van der Waals surface area contributed by atoms with E-state index >= 15 is 0 Å². The third-order valence-corrected chi connectivity index (χ3v) is 9.49. The highest BCUT2D eigenvalue weighted by molar-refractivity contribution is 6.62. The topological polar surface area (TPSA) is 80.2 Å². The van der Waals surface area contributed by atoms with Gasteiger partial charge in [0.05, 0.1) is 26.4 Å². The van der Waals surface area contributed by atoms with Crippen molar-refractivity contribution in [1.29, 1.82) is 0 Å². The second kappa shape index (κ2) is 10.9. The molecule has 0 saturated carbocycles. The Bertz CT molecular complexity index is 1540. The minimum Gasteiger partial charge on any atom is -0.423 e. The summed E-state index contributed by atoms with van der Waals surface area (Å²) in [6.45, 7) is 7.62. The second-order valence-corrected chi connectivity index (χ2v) is 12.5. The van der Waals surface area contributed by atoms with E-state index in [1.807, 2.05) is 39.8 Å². The molecule has 3 atom stereocenters. The van der Waals surface area contributed by atoms with E-state index in [0.717, 1.165) is 23.3 Å². The fourth-order valence-electron chi connectivity index (χ4n) is 5.68. The Hall–Kier alpha value is -2.50. The molecule has 0 radical (unpaired) electrons. The molecule has 6 nitrogen and oxygen atoms in total. The maximum Gasteiger partial charge on any atom is 0.492 e. The fourth-order valence-corrected chi connectivity index (χ4v) is 6.27. The van der Waals surface area contributed by atoms with Crippen molar-refractivity contribution in [3.05, 3.63) is 85.4 Å². The molecule has 0 saturated heterocycles.